The summed E-state index contributed by atoms with van der Waals surface area (Å²) in [7, 11) is 1.51. The van der Waals surface area contributed by atoms with E-state index in [0.717, 1.165) is 33.3 Å². The largest absolute Gasteiger partial charge is 0.497 e. The Kier molecular flexibility index (Phi) is 7.79. The van der Waals surface area contributed by atoms with Crippen molar-refractivity contribution in [2.24, 2.45) is 0 Å². The lowest BCUT2D eigenvalue weighted by Crippen LogP contribution is -2.51. The molecule has 0 bridgehead atoms. The number of hydrogen-bond acceptors (Lipinski definition) is 5. The summed E-state index contributed by atoms with van der Waals surface area (Å²) in [5.41, 5.74) is 4.14. The van der Waals surface area contributed by atoms with Crippen molar-refractivity contribution < 1.29 is 23.5 Å². The molecule has 0 radical (unpaired) electrons. The van der Waals surface area contributed by atoms with Crippen molar-refractivity contribution in [2.45, 2.75) is 26.4 Å². The molecule has 1 N–H and O–H groups in total. The minimum absolute atomic E-state index is 0.0608. The fourth-order valence-corrected chi connectivity index (χ4v) is 4.71. The molecule has 3 aromatic carbocycles. The van der Waals surface area contributed by atoms with Gasteiger partial charge in [0.15, 0.2) is 0 Å². The van der Waals surface area contributed by atoms with Gasteiger partial charge in [-0.15, -0.1) is 0 Å². The van der Waals surface area contributed by atoms with E-state index >= 15 is 0 Å². The van der Waals surface area contributed by atoms with Crippen LogP contribution in [-0.2, 0) is 4.74 Å². The van der Waals surface area contributed by atoms with Gasteiger partial charge in [0.05, 0.1) is 18.3 Å². The Morgan fingerprint density at radius 1 is 0.902 bits per heavy atom. The van der Waals surface area contributed by atoms with Crippen molar-refractivity contribution in [3.8, 4) is 16.9 Å². The smallest absolute Gasteiger partial charge is 0.410 e. The Hall–Kier alpha value is -4.66. The Morgan fingerprint density at radius 3 is 2.29 bits per heavy atom. The minimum atomic E-state index is -0.548. The third-order valence-electron chi connectivity index (χ3n) is 6.84. The summed E-state index contributed by atoms with van der Waals surface area (Å²) < 4.78 is 24.6. The molecule has 1 aromatic heterocycles. The monoisotopic (exact) mass is 556 g/mol. The number of nitrogens with one attached hydrogen (secondary N) is 1. The van der Waals surface area contributed by atoms with E-state index in [1.165, 1.54) is 19.2 Å². The normalized spacial score (nSPS) is 14.1. The molecule has 1 fully saturated rings. The molecule has 0 atom stereocenters. The molecule has 8 nitrogen and oxygen atoms in total. The molecule has 0 unspecified atom stereocenters. The lowest BCUT2D eigenvalue weighted by molar-refractivity contribution is 0.0141. The second kappa shape index (κ2) is 11.4. The summed E-state index contributed by atoms with van der Waals surface area (Å²) >= 11 is 0. The number of methoxy groups -OCH3 is 1. The molecule has 5 rings (SSSR count). The molecular weight excluding hydrogens is 523 g/mol. The first kappa shape index (κ1) is 27.9. The van der Waals surface area contributed by atoms with Crippen LogP contribution in [0, 0.1) is 5.82 Å². The van der Waals surface area contributed by atoms with Crippen LogP contribution in [0.5, 0.6) is 5.75 Å². The maximum atomic E-state index is 14.0. The van der Waals surface area contributed by atoms with Crippen molar-refractivity contribution in [3.05, 3.63) is 83.3 Å². The van der Waals surface area contributed by atoms with Crippen LogP contribution in [-0.4, -0.2) is 70.9 Å². The molecule has 4 aromatic rings. The molecule has 1 aliphatic rings. The fraction of sp³-hybridized carbons (Fsp3) is 0.281. The number of benzene rings is 3. The van der Waals surface area contributed by atoms with Crippen LogP contribution >= 0.6 is 0 Å². The Labute approximate surface area is 238 Å². The summed E-state index contributed by atoms with van der Waals surface area (Å²) in [4.78, 5) is 28.7. The quantitative estimate of drug-likeness (QED) is 0.314. The number of aromatic nitrogens is 2. The van der Waals surface area contributed by atoms with Gasteiger partial charge in [0, 0.05) is 43.2 Å². The van der Waals surface area contributed by atoms with Crippen LogP contribution in [0.1, 0.15) is 42.4 Å². The number of rotatable bonds is 5. The third kappa shape index (κ3) is 6.57. The van der Waals surface area contributed by atoms with Gasteiger partial charge in [-0.3, -0.25) is 9.89 Å². The van der Waals surface area contributed by atoms with E-state index in [-0.39, 0.29) is 17.8 Å². The van der Waals surface area contributed by atoms with Crippen molar-refractivity contribution in [3.63, 3.8) is 0 Å². The van der Waals surface area contributed by atoms with E-state index < -0.39 is 5.60 Å². The van der Waals surface area contributed by atoms with Crippen molar-refractivity contribution in [1.29, 1.82) is 0 Å². The summed E-state index contributed by atoms with van der Waals surface area (Å²) in [6.07, 6.45) is 3.50. The minimum Gasteiger partial charge on any atom is -0.497 e. The first-order valence-electron chi connectivity index (χ1n) is 13.5. The van der Waals surface area contributed by atoms with Crippen LogP contribution in [0.2, 0.25) is 0 Å². The highest BCUT2D eigenvalue weighted by Crippen LogP contribution is 2.29. The first-order chi connectivity index (χ1) is 19.6. The van der Waals surface area contributed by atoms with Crippen molar-refractivity contribution in [1.82, 2.24) is 20.0 Å². The van der Waals surface area contributed by atoms with Crippen LogP contribution in [0.15, 0.2) is 60.7 Å². The zero-order chi connectivity index (χ0) is 29.1. The maximum Gasteiger partial charge on any atom is 0.410 e. The van der Waals surface area contributed by atoms with E-state index in [1.807, 2.05) is 75.4 Å². The van der Waals surface area contributed by atoms with Crippen LogP contribution in [0.4, 0.5) is 9.18 Å². The first-order valence-corrected chi connectivity index (χ1v) is 13.5. The van der Waals surface area contributed by atoms with Gasteiger partial charge in [0.2, 0.25) is 0 Å². The van der Waals surface area contributed by atoms with Crippen molar-refractivity contribution in [2.75, 3.05) is 33.3 Å². The Bertz CT molecular complexity index is 1600. The number of nitrogens with zero attached hydrogens (tertiary/aromatic N) is 3. The van der Waals surface area contributed by atoms with E-state index in [4.69, 9.17) is 9.47 Å². The molecule has 2 amide bonds. The van der Waals surface area contributed by atoms with Crippen molar-refractivity contribution >= 4 is 35.1 Å². The number of aromatic amines is 1. The van der Waals surface area contributed by atoms with E-state index in [2.05, 4.69) is 10.2 Å². The summed E-state index contributed by atoms with van der Waals surface area (Å²) in [5.74, 6) is 0.0392. The second-order valence-corrected chi connectivity index (χ2v) is 11.0. The molecule has 2 heterocycles. The highest BCUT2D eigenvalue weighted by molar-refractivity contribution is 5.95. The van der Waals surface area contributed by atoms with Crippen LogP contribution < -0.4 is 4.74 Å². The lowest BCUT2D eigenvalue weighted by Gasteiger charge is -2.35. The lowest BCUT2D eigenvalue weighted by atomic mass is 10.0. The molecule has 0 saturated carbocycles. The molecule has 41 heavy (non-hydrogen) atoms. The summed E-state index contributed by atoms with van der Waals surface area (Å²) in [6, 6.07) is 17.8. The van der Waals surface area contributed by atoms with E-state index in [1.54, 1.807) is 15.9 Å². The zero-order valence-electron chi connectivity index (χ0n) is 23.6. The predicted molar refractivity (Wildman–Crippen MR) is 157 cm³/mol. The van der Waals surface area contributed by atoms with Gasteiger partial charge in [0.1, 0.15) is 17.2 Å². The number of hydrogen-bond donors (Lipinski definition) is 1. The predicted octanol–water partition coefficient (Wildman–Crippen LogP) is 6.24. The highest BCUT2D eigenvalue weighted by Gasteiger charge is 2.28. The van der Waals surface area contributed by atoms with Gasteiger partial charge < -0.3 is 19.3 Å². The van der Waals surface area contributed by atoms with E-state index in [9.17, 15) is 14.0 Å². The standard InChI is InChI=1S/C32H33FN4O4/c1-32(2,3)41-31(39)37-15-13-36(14-16-37)30(38)22-8-5-21(6-9-22)7-12-28-27-11-10-23(19-29(27)35-34-28)24-17-25(33)20-26(18-24)40-4/h5-12,17-20H,13-16H2,1-4H3,(H,34,35)/b12-7+. The number of carbonyl (C=O) groups excluding carboxylic acids is 2. The van der Waals surface area contributed by atoms with Gasteiger partial charge in [-0.05, 0) is 79.9 Å². The van der Waals surface area contributed by atoms with E-state index in [0.29, 0.717) is 37.5 Å². The molecule has 9 heteroatoms. The number of halogens is 1. The van der Waals surface area contributed by atoms with Gasteiger partial charge in [0.25, 0.3) is 5.91 Å². The summed E-state index contributed by atoms with van der Waals surface area (Å²) in [6.45, 7) is 7.31. The number of amides is 2. The molecule has 1 saturated heterocycles. The maximum absolute atomic E-state index is 14.0. The van der Waals surface area contributed by atoms with Crippen LogP contribution in [0.25, 0.3) is 34.2 Å². The number of ether oxygens (including phenoxy) is 2. The zero-order valence-corrected chi connectivity index (χ0v) is 23.6. The number of H-pyrrole nitrogens is 1. The van der Waals surface area contributed by atoms with Gasteiger partial charge in [-0.1, -0.05) is 24.3 Å². The SMILES string of the molecule is COc1cc(F)cc(-c2ccc3c(/C=C/c4ccc(C(=O)N5CCN(C(=O)OC(C)(C)C)CC5)cc4)n[nH]c3c2)c1. The molecule has 212 valence electrons. The van der Waals surface area contributed by atoms with Crippen LogP contribution in [0.3, 0.4) is 0 Å². The summed E-state index contributed by atoms with van der Waals surface area (Å²) in [5, 5.41) is 8.42. The molecule has 1 aliphatic heterocycles. The molecule has 0 aliphatic carbocycles. The highest BCUT2D eigenvalue weighted by atomic mass is 19.1. The van der Waals surface area contributed by atoms with Gasteiger partial charge in [-0.2, -0.15) is 5.10 Å². The Morgan fingerprint density at radius 2 is 1.61 bits per heavy atom. The average Bonchev–Trinajstić information content (AvgIpc) is 3.37. The van der Waals surface area contributed by atoms with Gasteiger partial charge >= 0.3 is 6.09 Å². The number of fused-ring (bicyclic) bond motifs is 1. The third-order valence-corrected chi connectivity index (χ3v) is 6.84. The molecule has 0 spiro atoms. The second-order valence-electron chi connectivity index (χ2n) is 11.0. The number of carbonyl (C=O) groups is 2. The Balaban J connectivity index is 1.22. The number of piperazine rings is 1. The average molecular weight is 557 g/mol. The fourth-order valence-electron chi connectivity index (χ4n) is 4.71. The van der Waals surface area contributed by atoms with Gasteiger partial charge in [-0.25, -0.2) is 9.18 Å². The topological polar surface area (TPSA) is 87.8 Å². The molecular formula is C32H33FN4O4.